The first-order chi connectivity index (χ1) is 7.75. The molecule has 0 aromatic heterocycles. The van der Waals surface area contributed by atoms with Gasteiger partial charge in [0.15, 0.2) is 0 Å². The van der Waals surface area contributed by atoms with E-state index in [9.17, 15) is 4.39 Å². The van der Waals surface area contributed by atoms with E-state index in [1.54, 1.807) is 6.07 Å². The van der Waals surface area contributed by atoms with Gasteiger partial charge in [-0.1, -0.05) is 11.6 Å². The molecule has 0 radical (unpaired) electrons. The summed E-state index contributed by atoms with van der Waals surface area (Å²) in [5.74, 6) is 0.109. The minimum atomic E-state index is -0.443. The predicted octanol–water partition coefficient (Wildman–Crippen LogP) is 0.481. The summed E-state index contributed by atoms with van der Waals surface area (Å²) in [5, 5.41) is 0.0668. The fourth-order valence-electron chi connectivity index (χ4n) is 1.25. The fourth-order valence-corrected chi connectivity index (χ4v) is 1.42. The van der Waals surface area contributed by atoms with E-state index < -0.39 is 5.82 Å². The van der Waals surface area contributed by atoms with Crippen molar-refractivity contribution in [1.29, 1.82) is 0 Å². The Morgan fingerprint density at radius 3 is 2.67 bits per heavy atom. The summed E-state index contributed by atoms with van der Waals surface area (Å²) in [6, 6.07) is 14.7. The predicted molar refractivity (Wildman–Crippen MR) is 66.8 cm³/mol. The molecule has 0 aliphatic carbocycles. The third-order valence-electron chi connectivity index (χ3n) is 2.07. The Balaban J connectivity index is 0.00000144. The average molecular weight is 340 g/mol. The van der Waals surface area contributed by atoms with Gasteiger partial charge < -0.3 is 21.7 Å². The molecule has 0 aliphatic heterocycles. The van der Waals surface area contributed by atoms with Gasteiger partial charge in [0.05, 0.1) is 11.6 Å². The molecule has 0 atom stereocenters. The Morgan fingerprint density at radius 1 is 1.28 bits per heavy atom. The third kappa shape index (κ3) is 5.14. The van der Waals surface area contributed by atoms with Gasteiger partial charge in [0, 0.05) is 6.07 Å². The Bertz CT molecular complexity index is 482. The molecule has 18 heavy (non-hydrogen) atoms. The standard InChI is InChI=1S/C13H9ClFO.BrH.Mg/c14-12-8-11(6-7-13(12)15)16-9-10-4-2-1-3-5-10;;/h1-2,4-8H,9H2;1H;/q-1;;+2/p-1. The second-order valence-corrected chi connectivity index (χ2v) is 3.68. The zero-order valence-electron chi connectivity index (χ0n) is 9.50. The van der Waals surface area contributed by atoms with Gasteiger partial charge in [0.1, 0.15) is 11.6 Å². The topological polar surface area (TPSA) is 9.23 Å². The maximum atomic E-state index is 12.9. The summed E-state index contributed by atoms with van der Waals surface area (Å²) in [4.78, 5) is 0. The van der Waals surface area contributed by atoms with Crippen LogP contribution in [0.2, 0.25) is 5.02 Å². The van der Waals surface area contributed by atoms with Crippen molar-refractivity contribution in [3.8, 4) is 5.75 Å². The summed E-state index contributed by atoms with van der Waals surface area (Å²) < 4.78 is 18.3. The van der Waals surface area contributed by atoms with Crippen molar-refractivity contribution >= 4 is 34.7 Å². The van der Waals surface area contributed by atoms with Crippen LogP contribution in [0.5, 0.6) is 5.75 Å². The van der Waals surface area contributed by atoms with E-state index in [1.807, 2.05) is 24.3 Å². The number of hydrogen-bond donors (Lipinski definition) is 0. The first-order valence-electron chi connectivity index (χ1n) is 4.78. The maximum absolute atomic E-state index is 12.9. The smallest absolute Gasteiger partial charge is 1.00 e. The second kappa shape index (κ2) is 8.75. The molecule has 0 spiro atoms. The molecular weight excluding hydrogens is 331 g/mol. The Kier molecular flexibility index (Phi) is 8.60. The van der Waals surface area contributed by atoms with E-state index in [2.05, 4.69) is 6.07 Å². The normalized spacial score (nSPS) is 9.00. The van der Waals surface area contributed by atoms with Crippen LogP contribution in [-0.2, 0) is 6.61 Å². The average Bonchev–Trinajstić information content (AvgIpc) is 2.32. The van der Waals surface area contributed by atoms with Crippen molar-refractivity contribution in [3.63, 3.8) is 0 Å². The van der Waals surface area contributed by atoms with Crippen LogP contribution in [0.3, 0.4) is 0 Å². The number of halogens is 3. The number of hydrogen-bond acceptors (Lipinski definition) is 1. The largest absolute Gasteiger partial charge is 2.00 e. The maximum Gasteiger partial charge on any atom is 2.00 e. The van der Waals surface area contributed by atoms with Crippen molar-refractivity contribution in [2.75, 3.05) is 0 Å². The molecule has 2 aromatic carbocycles. The van der Waals surface area contributed by atoms with Gasteiger partial charge in [0.2, 0.25) is 0 Å². The quantitative estimate of drug-likeness (QED) is 0.584. The zero-order valence-corrected chi connectivity index (χ0v) is 13.3. The molecule has 2 rings (SSSR count). The second-order valence-electron chi connectivity index (χ2n) is 3.28. The molecule has 0 fully saturated rings. The Morgan fingerprint density at radius 2 is 2.06 bits per heavy atom. The van der Waals surface area contributed by atoms with Crippen LogP contribution in [0.4, 0.5) is 4.39 Å². The monoisotopic (exact) mass is 338 g/mol. The van der Waals surface area contributed by atoms with Crippen LogP contribution in [0, 0.1) is 11.9 Å². The van der Waals surface area contributed by atoms with E-state index in [-0.39, 0.29) is 45.1 Å². The molecule has 0 bridgehead atoms. The van der Waals surface area contributed by atoms with E-state index >= 15 is 0 Å². The third-order valence-corrected chi connectivity index (χ3v) is 2.36. The fraction of sp³-hybridized carbons (Fsp3) is 0.0769. The van der Waals surface area contributed by atoms with E-state index in [0.717, 1.165) is 5.56 Å². The van der Waals surface area contributed by atoms with E-state index in [1.165, 1.54) is 12.1 Å². The van der Waals surface area contributed by atoms with Gasteiger partial charge in [0.25, 0.3) is 0 Å². The molecule has 5 heteroatoms. The molecule has 1 nitrogen and oxygen atoms in total. The van der Waals surface area contributed by atoms with Crippen LogP contribution >= 0.6 is 11.6 Å². The Labute approximate surface area is 137 Å². The molecule has 0 unspecified atom stereocenters. The minimum absolute atomic E-state index is 0. The molecule has 0 amide bonds. The van der Waals surface area contributed by atoms with Crippen LogP contribution in [0.25, 0.3) is 0 Å². The minimum Gasteiger partial charge on any atom is -1.00 e. The van der Waals surface area contributed by atoms with Gasteiger partial charge in [-0.05, 0) is 12.1 Å². The van der Waals surface area contributed by atoms with Gasteiger partial charge >= 0.3 is 23.1 Å². The van der Waals surface area contributed by atoms with Crippen molar-refractivity contribution in [3.05, 3.63) is 64.9 Å². The van der Waals surface area contributed by atoms with E-state index in [0.29, 0.717) is 12.4 Å². The SMILES string of the molecule is Fc1ccc(OCc2c[c-]ccc2)cc1Cl.[Br-].[Mg+2]. The number of benzene rings is 2. The van der Waals surface area contributed by atoms with Gasteiger partial charge in [-0.2, -0.15) is 30.3 Å². The molecule has 0 heterocycles. The van der Waals surface area contributed by atoms with Gasteiger partial charge in [-0.25, -0.2) is 4.39 Å². The molecule has 0 N–H and O–H groups in total. The number of ether oxygens (including phenoxy) is 1. The van der Waals surface area contributed by atoms with Crippen LogP contribution < -0.4 is 21.7 Å². The summed E-state index contributed by atoms with van der Waals surface area (Å²) in [6.45, 7) is 0.416. The van der Waals surface area contributed by atoms with Crippen molar-refractivity contribution < 1.29 is 26.1 Å². The van der Waals surface area contributed by atoms with Crippen molar-refractivity contribution in [2.45, 2.75) is 6.61 Å². The van der Waals surface area contributed by atoms with Gasteiger partial charge in [-0.15, -0.1) is 5.56 Å². The van der Waals surface area contributed by atoms with Crippen molar-refractivity contribution in [1.82, 2.24) is 0 Å². The first kappa shape index (κ1) is 17.7. The summed E-state index contributed by atoms with van der Waals surface area (Å²) in [7, 11) is 0. The summed E-state index contributed by atoms with van der Waals surface area (Å²) in [6.07, 6.45) is 0. The molecule has 0 saturated heterocycles. The Hall–Kier alpha value is -0.294. The van der Waals surface area contributed by atoms with Crippen LogP contribution in [-0.4, -0.2) is 23.1 Å². The summed E-state index contributed by atoms with van der Waals surface area (Å²) >= 11 is 5.63. The van der Waals surface area contributed by atoms with E-state index in [4.69, 9.17) is 16.3 Å². The van der Waals surface area contributed by atoms with Crippen LogP contribution in [0.15, 0.2) is 42.5 Å². The van der Waals surface area contributed by atoms with Crippen molar-refractivity contribution in [2.24, 2.45) is 0 Å². The summed E-state index contributed by atoms with van der Waals surface area (Å²) in [5.41, 5.74) is 1.00. The first-order valence-corrected chi connectivity index (χ1v) is 5.16. The number of rotatable bonds is 3. The zero-order chi connectivity index (χ0) is 11.4. The molecule has 0 aliphatic rings. The molecule has 0 saturated carbocycles. The van der Waals surface area contributed by atoms with Gasteiger partial charge in [-0.3, -0.25) is 0 Å². The van der Waals surface area contributed by atoms with Crippen LogP contribution in [0.1, 0.15) is 5.56 Å². The molecular formula is C13H9BrClFMgO. The molecule has 2 aromatic rings. The molecule has 90 valence electrons.